The molecule has 26 heavy (non-hydrogen) atoms. The maximum Gasteiger partial charge on any atom is 0.408 e. The number of hydrogen-bond donors (Lipinski definition) is 2. The molecule has 146 valence electrons. The predicted molar refractivity (Wildman–Crippen MR) is 88.6 cm³/mol. The van der Waals surface area contributed by atoms with Gasteiger partial charge in [-0.05, 0) is 31.6 Å². The molecule has 0 unspecified atom stereocenters. The lowest BCUT2D eigenvalue weighted by atomic mass is 9.82. The summed E-state index contributed by atoms with van der Waals surface area (Å²) in [6.45, 7) is -1.20. The first-order valence-electron chi connectivity index (χ1n) is 8.38. The van der Waals surface area contributed by atoms with Crippen LogP contribution in [-0.2, 0) is 16.4 Å². The second-order valence-electron chi connectivity index (χ2n) is 7.24. The van der Waals surface area contributed by atoms with Gasteiger partial charge in [0.25, 0.3) is 0 Å². The highest BCUT2D eigenvalue weighted by atomic mass is 32.2. The number of carbonyl (C=O) groups is 1. The predicted octanol–water partition coefficient (Wildman–Crippen LogP) is 2.27. The van der Waals surface area contributed by atoms with Crippen molar-refractivity contribution in [1.29, 1.82) is 0 Å². The van der Waals surface area contributed by atoms with Gasteiger partial charge >= 0.3 is 12.2 Å². The molecule has 2 N–H and O–H groups in total. The van der Waals surface area contributed by atoms with E-state index in [0.29, 0.717) is 24.2 Å². The topological polar surface area (TPSA) is 93.1 Å². The molecule has 0 atom stereocenters. The van der Waals surface area contributed by atoms with Crippen LogP contribution in [0.25, 0.3) is 0 Å². The molecule has 2 aliphatic rings. The van der Waals surface area contributed by atoms with Crippen LogP contribution in [0.1, 0.15) is 37.3 Å². The van der Waals surface area contributed by atoms with E-state index in [2.05, 4.69) is 15.7 Å². The summed E-state index contributed by atoms with van der Waals surface area (Å²) in [5.74, 6) is 0.220. The van der Waals surface area contributed by atoms with Gasteiger partial charge in [0.1, 0.15) is 16.4 Å². The maximum absolute atomic E-state index is 12.5. The molecule has 1 heterocycles. The Bertz CT molecular complexity index is 781. The quantitative estimate of drug-likeness (QED) is 0.774. The van der Waals surface area contributed by atoms with Gasteiger partial charge in [0, 0.05) is 24.4 Å². The van der Waals surface area contributed by atoms with E-state index < -0.39 is 28.6 Å². The fraction of sp³-hybridized carbons (Fsp3) is 0.733. The van der Waals surface area contributed by atoms with Crippen molar-refractivity contribution in [3.05, 3.63) is 11.9 Å². The first-order valence-corrected chi connectivity index (χ1v) is 10.4. The lowest BCUT2D eigenvalue weighted by Crippen LogP contribution is -2.47. The molecule has 2 aliphatic carbocycles. The van der Waals surface area contributed by atoms with Gasteiger partial charge in [-0.3, -0.25) is 4.68 Å². The molecule has 0 radical (unpaired) electrons. The molecule has 1 aromatic heterocycles. The number of nitrogens with one attached hydrogen (secondary N) is 2. The number of carbonyl (C=O) groups excluding carboxylic acids is 1. The standard InChI is InChI=1S/C15H21F3N4O3S/c1-26(24,25)7-9-4-11(5-9)19-14(23)20-12-6-22(8-15(16,17)18)21-13(12)10-2-3-10/h6,9-11H,2-5,7-8H2,1H3,(H2,19,20,23). The van der Waals surface area contributed by atoms with Crippen LogP contribution in [0, 0.1) is 5.92 Å². The van der Waals surface area contributed by atoms with Gasteiger partial charge in [-0.2, -0.15) is 18.3 Å². The van der Waals surface area contributed by atoms with Crippen LogP contribution in [0.5, 0.6) is 0 Å². The average Bonchev–Trinajstić information content (AvgIpc) is 3.17. The molecule has 11 heteroatoms. The summed E-state index contributed by atoms with van der Waals surface area (Å²) in [6, 6.07) is -0.641. The van der Waals surface area contributed by atoms with Gasteiger partial charge in [0.05, 0.1) is 17.1 Å². The summed E-state index contributed by atoms with van der Waals surface area (Å²) in [7, 11) is -3.04. The smallest absolute Gasteiger partial charge is 0.335 e. The Balaban J connectivity index is 1.54. The van der Waals surface area contributed by atoms with E-state index >= 15 is 0 Å². The first-order chi connectivity index (χ1) is 12.0. The van der Waals surface area contributed by atoms with E-state index in [9.17, 15) is 26.4 Å². The van der Waals surface area contributed by atoms with E-state index in [1.807, 2.05) is 0 Å². The number of amides is 2. The van der Waals surface area contributed by atoms with Crippen molar-refractivity contribution in [1.82, 2.24) is 15.1 Å². The summed E-state index contributed by atoms with van der Waals surface area (Å²) in [4.78, 5) is 12.1. The number of nitrogens with zero attached hydrogens (tertiary/aromatic N) is 2. The number of rotatable bonds is 6. The molecule has 0 aliphatic heterocycles. The van der Waals surface area contributed by atoms with Crippen LogP contribution in [0.3, 0.4) is 0 Å². The molecular weight excluding hydrogens is 373 g/mol. The largest absolute Gasteiger partial charge is 0.408 e. The Morgan fingerprint density at radius 2 is 2.00 bits per heavy atom. The van der Waals surface area contributed by atoms with Crippen LogP contribution in [0.2, 0.25) is 0 Å². The van der Waals surface area contributed by atoms with E-state index in [1.165, 1.54) is 12.5 Å². The van der Waals surface area contributed by atoms with Crippen molar-refractivity contribution < 1.29 is 26.4 Å². The fourth-order valence-electron chi connectivity index (χ4n) is 3.22. The second kappa shape index (κ2) is 6.75. The number of sulfone groups is 1. The van der Waals surface area contributed by atoms with E-state index in [1.54, 1.807) is 0 Å². The highest BCUT2D eigenvalue weighted by Crippen LogP contribution is 2.42. The van der Waals surface area contributed by atoms with E-state index in [4.69, 9.17) is 0 Å². The Kier molecular flexibility index (Phi) is 4.93. The number of aromatic nitrogens is 2. The monoisotopic (exact) mass is 394 g/mol. The number of anilines is 1. The van der Waals surface area contributed by atoms with Gasteiger partial charge in [0.15, 0.2) is 0 Å². The second-order valence-corrected chi connectivity index (χ2v) is 9.43. The molecule has 2 amide bonds. The van der Waals surface area contributed by atoms with Crippen molar-refractivity contribution in [2.75, 3.05) is 17.3 Å². The Hall–Kier alpha value is -1.78. The summed E-state index contributed by atoms with van der Waals surface area (Å²) in [5.41, 5.74) is 0.772. The van der Waals surface area contributed by atoms with Crippen molar-refractivity contribution in [3.8, 4) is 0 Å². The summed E-state index contributed by atoms with van der Waals surface area (Å²) < 4.78 is 60.9. The van der Waals surface area contributed by atoms with E-state index in [0.717, 1.165) is 17.5 Å². The van der Waals surface area contributed by atoms with Crippen molar-refractivity contribution in [2.24, 2.45) is 5.92 Å². The van der Waals surface area contributed by atoms with Crippen molar-refractivity contribution in [3.63, 3.8) is 0 Å². The molecular formula is C15H21F3N4O3S. The molecule has 2 fully saturated rings. The van der Waals surface area contributed by atoms with Crippen LogP contribution in [0.4, 0.5) is 23.7 Å². The third kappa shape index (κ3) is 5.36. The molecule has 3 rings (SSSR count). The van der Waals surface area contributed by atoms with Crippen LogP contribution in [0.15, 0.2) is 6.20 Å². The van der Waals surface area contributed by atoms with Gasteiger partial charge in [-0.1, -0.05) is 0 Å². The zero-order chi connectivity index (χ0) is 19.1. The van der Waals surface area contributed by atoms with Gasteiger partial charge in [0.2, 0.25) is 0 Å². The third-order valence-corrected chi connectivity index (χ3v) is 5.53. The SMILES string of the molecule is CS(=O)(=O)CC1CC(NC(=O)Nc2cn(CC(F)(F)F)nc2C2CC2)C1. The zero-order valence-corrected chi connectivity index (χ0v) is 15.0. The zero-order valence-electron chi connectivity index (χ0n) is 14.2. The fourth-order valence-corrected chi connectivity index (χ4v) is 4.35. The third-order valence-electron chi connectivity index (χ3n) is 4.45. The Morgan fingerprint density at radius 1 is 1.35 bits per heavy atom. The number of alkyl halides is 3. The molecule has 7 nitrogen and oxygen atoms in total. The van der Waals surface area contributed by atoms with Crippen molar-refractivity contribution >= 4 is 21.6 Å². The highest BCUT2D eigenvalue weighted by molar-refractivity contribution is 7.90. The van der Waals surface area contributed by atoms with Gasteiger partial charge < -0.3 is 10.6 Å². The van der Waals surface area contributed by atoms with Crippen LogP contribution < -0.4 is 10.6 Å². The maximum atomic E-state index is 12.5. The summed E-state index contributed by atoms with van der Waals surface area (Å²) >= 11 is 0. The molecule has 1 aromatic rings. The minimum Gasteiger partial charge on any atom is -0.335 e. The highest BCUT2D eigenvalue weighted by Gasteiger charge is 2.35. The van der Waals surface area contributed by atoms with Gasteiger partial charge in [-0.15, -0.1) is 0 Å². The Labute approximate surface area is 149 Å². The molecule has 0 aromatic carbocycles. The van der Waals surface area contributed by atoms with E-state index in [-0.39, 0.29) is 23.6 Å². The summed E-state index contributed by atoms with van der Waals surface area (Å²) in [5, 5.41) is 9.27. The van der Waals surface area contributed by atoms with Crippen LogP contribution >= 0.6 is 0 Å². The number of halogens is 3. The molecule has 0 spiro atoms. The average molecular weight is 394 g/mol. The van der Waals surface area contributed by atoms with Crippen LogP contribution in [-0.4, -0.2) is 48.5 Å². The molecule has 0 bridgehead atoms. The van der Waals surface area contributed by atoms with Gasteiger partial charge in [-0.25, -0.2) is 13.2 Å². The lowest BCUT2D eigenvalue weighted by Gasteiger charge is -2.35. The lowest BCUT2D eigenvalue weighted by molar-refractivity contribution is -0.142. The molecule has 0 saturated heterocycles. The Morgan fingerprint density at radius 3 is 2.54 bits per heavy atom. The summed E-state index contributed by atoms with van der Waals surface area (Å²) in [6.07, 6.45) is 0.830. The van der Waals surface area contributed by atoms with Crippen molar-refractivity contribution in [2.45, 2.75) is 50.4 Å². The first kappa shape index (κ1) is 19.0. The normalized spacial score (nSPS) is 23.4. The number of hydrogen-bond acceptors (Lipinski definition) is 4. The minimum atomic E-state index is -4.38. The minimum absolute atomic E-state index is 0.0341. The number of urea groups is 1. The molecule has 2 saturated carbocycles.